The van der Waals surface area contributed by atoms with Crippen LogP contribution in [0.3, 0.4) is 0 Å². The first kappa shape index (κ1) is 12.1. The highest BCUT2D eigenvalue weighted by Gasteiger charge is 2.73. The number of β-lactam (4-membered cyclic amide) rings is 1. The summed E-state index contributed by atoms with van der Waals surface area (Å²) in [7, 11) is 0. The van der Waals surface area contributed by atoms with Crippen molar-refractivity contribution in [2.45, 2.75) is 69.3 Å². The molecule has 2 spiro atoms. The van der Waals surface area contributed by atoms with Crippen LogP contribution in [0, 0.1) is 0 Å². The van der Waals surface area contributed by atoms with Crippen LogP contribution in [0.2, 0.25) is 0 Å². The van der Waals surface area contributed by atoms with Crippen LogP contribution >= 0.6 is 0 Å². The van der Waals surface area contributed by atoms with Crippen molar-refractivity contribution in [2.75, 3.05) is 6.61 Å². The van der Waals surface area contributed by atoms with Crippen LogP contribution in [0.5, 0.6) is 0 Å². The van der Waals surface area contributed by atoms with Gasteiger partial charge in [-0.2, -0.15) is 4.89 Å². The number of hydrogen-bond acceptors (Lipinski definition) is 5. The van der Waals surface area contributed by atoms with E-state index >= 15 is 0 Å². The van der Waals surface area contributed by atoms with Crippen molar-refractivity contribution < 1.29 is 24.0 Å². The molecular weight excluding hydrogens is 250 g/mol. The first-order valence-electron chi connectivity index (χ1n) is 7.18. The molecule has 3 unspecified atom stereocenters. The zero-order chi connectivity index (χ0) is 13.1. The lowest BCUT2D eigenvalue weighted by Crippen LogP contribution is -2.82. The number of carbonyl (C=O) groups excluding carboxylic acids is 1. The van der Waals surface area contributed by atoms with Crippen molar-refractivity contribution in [3.8, 4) is 0 Å². The number of fused-ring (bicyclic) bond motifs is 3. The molecule has 0 aromatic carbocycles. The number of amides is 1. The van der Waals surface area contributed by atoms with Crippen molar-refractivity contribution in [1.29, 1.82) is 0 Å². The van der Waals surface area contributed by atoms with E-state index in [1.165, 1.54) is 6.42 Å². The molecule has 3 heterocycles. The van der Waals surface area contributed by atoms with Crippen LogP contribution in [0.1, 0.15) is 45.4 Å². The quantitative estimate of drug-likeness (QED) is 0.490. The van der Waals surface area contributed by atoms with Crippen LogP contribution in [0.15, 0.2) is 0 Å². The summed E-state index contributed by atoms with van der Waals surface area (Å²) in [5.74, 6) is -1.34. The Bertz CT molecular complexity index is 402. The van der Waals surface area contributed by atoms with Gasteiger partial charge in [-0.15, -0.1) is 0 Å². The Morgan fingerprint density at radius 3 is 2.74 bits per heavy atom. The summed E-state index contributed by atoms with van der Waals surface area (Å²) in [6.45, 7) is 2.39. The molecule has 4 aliphatic rings. The molecule has 4 fully saturated rings. The summed E-state index contributed by atoms with van der Waals surface area (Å²) < 4.78 is 11.6. The Balaban J connectivity index is 1.63. The molecule has 0 aromatic rings. The number of hydrogen-bond donors (Lipinski definition) is 0. The molecule has 4 rings (SSSR count). The average molecular weight is 269 g/mol. The Labute approximate surface area is 111 Å². The molecule has 1 aliphatic carbocycles. The van der Waals surface area contributed by atoms with Gasteiger partial charge in [0, 0.05) is 0 Å². The second kappa shape index (κ2) is 3.91. The Hall–Kier alpha value is -0.690. The predicted octanol–water partition coefficient (Wildman–Crippen LogP) is 1.30. The van der Waals surface area contributed by atoms with E-state index in [2.05, 4.69) is 0 Å². The molecule has 3 saturated heterocycles. The number of ether oxygens (including phenoxy) is 2. The normalized spacial score (nSPS) is 44.5. The van der Waals surface area contributed by atoms with E-state index in [1.54, 1.807) is 6.92 Å². The second-order valence-electron chi connectivity index (χ2n) is 5.87. The van der Waals surface area contributed by atoms with Crippen LogP contribution < -0.4 is 0 Å². The van der Waals surface area contributed by atoms with E-state index in [1.807, 2.05) is 4.90 Å². The van der Waals surface area contributed by atoms with E-state index in [-0.39, 0.29) is 11.9 Å². The van der Waals surface area contributed by atoms with Crippen molar-refractivity contribution in [3.05, 3.63) is 0 Å². The third-order valence-corrected chi connectivity index (χ3v) is 4.75. The smallest absolute Gasteiger partial charge is 0.304 e. The highest BCUT2D eigenvalue weighted by molar-refractivity contribution is 5.92. The first-order chi connectivity index (χ1) is 9.18. The maximum Gasteiger partial charge on any atom is 0.304 e. The van der Waals surface area contributed by atoms with Crippen LogP contribution in [-0.4, -0.2) is 41.3 Å². The van der Waals surface area contributed by atoms with E-state index in [9.17, 15) is 4.79 Å². The van der Waals surface area contributed by atoms with Gasteiger partial charge < -0.3 is 14.4 Å². The monoisotopic (exact) mass is 269 g/mol. The summed E-state index contributed by atoms with van der Waals surface area (Å²) in [5, 5.41) is 0. The first-order valence-corrected chi connectivity index (χ1v) is 7.18. The molecule has 19 heavy (non-hydrogen) atoms. The van der Waals surface area contributed by atoms with Gasteiger partial charge in [-0.05, 0) is 39.0 Å². The number of nitrogens with zero attached hydrogens (tertiary/aromatic N) is 1. The molecule has 1 saturated carbocycles. The lowest BCUT2D eigenvalue weighted by atomic mass is 9.79. The van der Waals surface area contributed by atoms with Gasteiger partial charge in [0.05, 0.1) is 6.61 Å². The summed E-state index contributed by atoms with van der Waals surface area (Å²) in [6, 6.07) is -0.0724. The van der Waals surface area contributed by atoms with Gasteiger partial charge in [-0.3, -0.25) is 4.79 Å². The van der Waals surface area contributed by atoms with Crippen molar-refractivity contribution in [1.82, 2.24) is 4.90 Å². The minimum absolute atomic E-state index is 0.0724. The molecule has 3 aliphatic heterocycles. The van der Waals surface area contributed by atoms with Crippen molar-refractivity contribution in [3.63, 3.8) is 0 Å². The minimum atomic E-state index is -1.20. The van der Waals surface area contributed by atoms with E-state index in [4.69, 9.17) is 19.2 Å². The van der Waals surface area contributed by atoms with Gasteiger partial charge in [0.1, 0.15) is 11.8 Å². The fraction of sp³-hybridized carbons (Fsp3) is 0.923. The number of rotatable bonds is 0. The predicted molar refractivity (Wildman–Crippen MR) is 62.5 cm³/mol. The van der Waals surface area contributed by atoms with Crippen molar-refractivity contribution in [2.24, 2.45) is 0 Å². The zero-order valence-corrected chi connectivity index (χ0v) is 11.1. The molecule has 3 atom stereocenters. The van der Waals surface area contributed by atoms with Gasteiger partial charge >= 0.3 is 5.79 Å². The third kappa shape index (κ3) is 1.43. The second-order valence-corrected chi connectivity index (χ2v) is 5.87. The Morgan fingerprint density at radius 1 is 1.26 bits per heavy atom. The molecule has 1 amide bonds. The molecule has 0 N–H and O–H groups in total. The topological polar surface area (TPSA) is 57.2 Å². The minimum Gasteiger partial charge on any atom is -0.355 e. The lowest BCUT2D eigenvalue weighted by Gasteiger charge is -2.62. The molecule has 106 valence electrons. The van der Waals surface area contributed by atoms with E-state index in [0.717, 1.165) is 32.1 Å². The summed E-state index contributed by atoms with van der Waals surface area (Å²) in [6.07, 6.45) is 5.52. The maximum atomic E-state index is 12.6. The van der Waals surface area contributed by atoms with Gasteiger partial charge in [0.2, 0.25) is 0 Å². The SMILES string of the molecule is CC1OOC2(O1)C(=O)N1C2CCOC12CCCCC2. The van der Waals surface area contributed by atoms with E-state index < -0.39 is 17.8 Å². The fourth-order valence-corrected chi connectivity index (χ4v) is 3.91. The van der Waals surface area contributed by atoms with Crippen LogP contribution in [0.4, 0.5) is 0 Å². The van der Waals surface area contributed by atoms with Gasteiger partial charge in [-0.1, -0.05) is 6.42 Å². The zero-order valence-electron chi connectivity index (χ0n) is 11.1. The van der Waals surface area contributed by atoms with Crippen LogP contribution in [-0.2, 0) is 24.0 Å². The van der Waals surface area contributed by atoms with E-state index in [0.29, 0.717) is 6.61 Å². The van der Waals surface area contributed by atoms with Crippen molar-refractivity contribution >= 4 is 5.91 Å². The molecule has 6 heteroatoms. The van der Waals surface area contributed by atoms with Gasteiger partial charge in [-0.25, -0.2) is 4.89 Å². The molecule has 6 nitrogen and oxygen atoms in total. The molecule has 0 bridgehead atoms. The Kier molecular flexibility index (Phi) is 2.49. The van der Waals surface area contributed by atoms with Crippen LogP contribution in [0.25, 0.3) is 0 Å². The highest BCUT2D eigenvalue weighted by atomic mass is 17.3. The molecule has 0 radical (unpaired) electrons. The summed E-state index contributed by atoms with van der Waals surface area (Å²) in [4.78, 5) is 24.6. The molecule has 0 aromatic heterocycles. The average Bonchev–Trinajstić information content (AvgIpc) is 2.84. The largest absolute Gasteiger partial charge is 0.355 e. The lowest BCUT2D eigenvalue weighted by molar-refractivity contribution is -0.382. The standard InChI is InChI=1S/C13H19NO5/c1-9-17-13(19-18-9)10-5-8-16-12(14(10)11(13)15)6-3-2-4-7-12/h9-10H,2-8H2,1H3. The van der Waals surface area contributed by atoms with Gasteiger partial charge in [0.15, 0.2) is 6.29 Å². The third-order valence-electron chi connectivity index (χ3n) is 4.75. The number of carbonyl (C=O) groups is 1. The summed E-state index contributed by atoms with van der Waals surface area (Å²) in [5.41, 5.74) is -0.415. The Morgan fingerprint density at radius 2 is 2.05 bits per heavy atom. The summed E-state index contributed by atoms with van der Waals surface area (Å²) >= 11 is 0. The molecular formula is C13H19NO5. The van der Waals surface area contributed by atoms with Gasteiger partial charge in [0.25, 0.3) is 5.91 Å². The highest BCUT2D eigenvalue weighted by Crippen LogP contribution is 2.52. The fourth-order valence-electron chi connectivity index (χ4n) is 3.91. The maximum absolute atomic E-state index is 12.6.